The largest absolute Gasteiger partial charge is 0.497 e. The molecule has 0 radical (unpaired) electrons. The van der Waals surface area contributed by atoms with Gasteiger partial charge in [0.1, 0.15) is 11.5 Å². The van der Waals surface area contributed by atoms with Gasteiger partial charge in [-0.2, -0.15) is 0 Å². The summed E-state index contributed by atoms with van der Waals surface area (Å²) in [6, 6.07) is 27.1. The molecule has 244 valence electrons. The number of benzene rings is 4. The molecule has 0 bridgehead atoms. The maximum atomic E-state index is 13.3. The number of methoxy groups -OCH3 is 2. The highest BCUT2D eigenvalue weighted by molar-refractivity contribution is 6.22. The fraction of sp³-hybridized carbons (Fsp3) is 0.263. The van der Waals surface area contributed by atoms with Gasteiger partial charge in [0.15, 0.2) is 0 Å². The second-order valence-corrected chi connectivity index (χ2v) is 12.3. The zero-order valence-corrected chi connectivity index (χ0v) is 26.8. The number of nitrogens with one attached hydrogen (secondary N) is 2. The number of hydrogen-bond donors (Lipinski definition) is 2. The Kier molecular flexibility index (Phi) is 8.31. The van der Waals surface area contributed by atoms with E-state index in [4.69, 9.17) is 9.47 Å². The number of anilines is 2. The third-order valence-electron chi connectivity index (χ3n) is 9.61. The average Bonchev–Trinajstić information content (AvgIpc) is 3.51. The highest BCUT2D eigenvalue weighted by Crippen LogP contribution is 2.44. The van der Waals surface area contributed by atoms with Gasteiger partial charge >= 0.3 is 0 Å². The van der Waals surface area contributed by atoms with Crippen LogP contribution in [0.4, 0.5) is 11.4 Å². The summed E-state index contributed by atoms with van der Waals surface area (Å²) in [4.78, 5) is 55.5. The minimum Gasteiger partial charge on any atom is -0.497 e. The molecule has 3 aliphatic rings. The molecule has 10 nitrogen and oxygen atoms in total. The smallest absolute Gasteiger partial charge is 0.261 e. The van der Waals surface area contributed by atoms with Gasteiger partial charge in [-0.1, -0.05) is 36.4 Å². The quantitative estimate of drug-likeness (QED) is 0.190. The lowest BCUT2D eigenvalue weighted by Gasteiger charge is -2.42. The molecule has 4 aromatic rings. The molecule has 0 aliphatic carbocycles. The number of ether oxygens (including phenoxy) is 2. The van der Waals surface area contributed by atoms with Crippen LogP contribution in [0.15, 0.2) is 91.0 Å². The number of hydrogen-bond acceptors (Lipinski definition) is 8. The Morgan fingerprint density at radius 1 is 0.646 bits per heavy atom. The standard InChI is InChI=1S/C38H36N4O6/c1-47-24-10-7-9-23(21-24)39-34-30-17-16-25(48-2)22-33(30)40-32(15-8-19-41-35(43)26-11-3-4-12-27(26)36(41)44)31(34)18-20-42-37(45)28-13-5-6-14-29(28)38(42)46/h3-7,9-14,16-17,21-22,31-32,34,39-40H,8,15,18-20H2,1-2H3/t31-,32-,34-/m0/s1. The number of carbonyl (C=O) groups is 4. The van der Waals surface area contributed by atoms with Crippen molar-refractivity contribution in [1.82, 2.24) is 9.80 Å². The fourth-order valence-electron chi connectivity index (χ4n) is 7.19. The van der Waals surface area contributed by atoms with E-state index in [1.54, 1.807) is 62.8 Å². The summed E-state index contributed by atoms with van der Waals surface area (Å²) in [6.07, 6.45) is 1.67. The molecule has 3 heterocycles. The molecule has 3 aliphatic heterocycles. The van der Waals surface area contributed by atoms with Crippen LogP contribution < -0.4 is 20.1 Å². The van der Waals surface area contributed by atoms with Crippen molar-refractivity contribution in [2.45, 2.75) is 31.3 Å². The van der Waals surface area contributed by atoms with E-state index in [1.165, 1.54) is 9.80 Å². The van der Waals surface area contributed by atoms with Crippen LogP contribution in [0.5, 0.6) is 11.5 Å². The first-order chi connectivity index (χ1) is 23.4. The summed E-state index contributed by atoms with van der Waals surface area (Å²) in [5, 5.41) is 7.45. The number of rotatable bonds is 11. The van der Waals surface area contributed by atoms with E-state index >= 15 is 0 Å². The van der Waals surface area contributed by atoms with Crippen LogP contribution in [-0.4, -0.2) is 66.8 Å². The van der Waals surface area contributed by atoms with E-state index < -0.39 is 0 Å². The lowest BCUT2D eigenvalue weighted by molar-refractivity contribution is 0.0635. The third-order valence-corrected chi connectivity index (χ3v) is 9.61. The van der Waals surface area contributed by atoms with Gasteiger partial charge in [-0.3, -0.25) is 29.0 Å². The SMILES string of the molecule is COc1cccc(N[C@H]2c3ccc(OC)cc3N[C@@H](CCCN3C(=O)c4ccccc4C3=O)[C@@H]2CCN2C(=O)c3ccccc3C2=O)c1. The molecular formula is C38H36N4O6. The molecule has 0 aromatic heterocycles. The summed E-state index contributed by atoms with van der Waals surface area (Å²) in [6.45, 7) is 0.504. The maximum absolute atomic E-state index is 13.3. The van der Waals surface area contributed by atoms with Crippen LogP contribution >= 0.6 is 0 Å². The summed E-state index contributed by atoms with van der Waals surface area (Å²) >= 11 is 0. The third kappa shape index (κ3) is 5.53. The number of fused-ring (bicyclic) bond motifs is 3. The minimum absolute atomic E-state index is 0.108. The van der Waals surface area contributed by atoms with Gasteiger partial charge in [-0.25, -0.2) is 0 Å². The predicted octanol–water partition coefficient (Wildman–Crippen LogP) is 6.03. The first kappa shape index (κ1) is 31.0. The number of carbonyl (C=O) groups excluding carboxylic acids is 4. The Morgan fingerprint density at radius 2 is 1.21 bits per heavy atom. The molecule has 0 spiro atoms. The van der Waals surface area contributed by atoms with Crippen molar-refractivity contribution >= 4 is 35.0 Å². The van der Waals surface area contributed by atoms with Crippen LogP contribution in [0.1, 0.15) is 72.3 Å². The molecule has 48 heavy (non-hydrogen) atoms. The molecule has 7 rings (SSSR count). The molecule has 2 N–H and O–H groups in total. The molecular weight excluding hydrogens is 608 g/mol. The van der Waals surface area contributed by atoms with Gasteiger partial charge in [0.25, 0.3) is 23.6 Å². The lowest BCUT2D eigenvalue weighted by atomic mass is 9.78. The van der Waals surface area contributed by atoms with Gasteiger partial charge in [0.2, 0.25) is 0 Å². The second-order valence-electron chi connectivity index (χ2n) is 12.3. The summed E-state index contributed by atoms with van der Waals surface area (Å²) in [7, 11) is 3.25. The Balaban J connectivity index is 1.18. The lowest BCUT2D eigenvalue weighted by Crippen LogP contribution is -2.43. The second kappa shape index (κ2) is 12.9. The van der Waals surface area contributed by atoms with Crippen LogP contribution in [0.3, 0.4) is 0 Å². The predicted molar refractivity (Wildman–Crippen MR) is 181 cm³/mol. The summed E-state index contributed by atoms with van der Waals surface area (Å²) in [5.41, 5.74) is 4.48. The number of imide groups is 2. The van der Waals surface area contributed by atoms with Crippen molar-refractivity contribution in [3.8, 4) is 11.5 Å². The average molecular weight is 645 g/mol. The van der Waals surface area contributed by atoms with Crippen molar-refractivity contribution in [1.29, 1.82) is 0 Å². The van der Waals surface area contributed by atoms with Gasteiger partial charge in [0.05, 0.1) is 42.5 Å². The zero-order chi connectivity index (χ0) is 33.4. The van der Waals surface area contributed by atoms with Gasteiger partial charge < -0.3 is 20.1 Å². The summed E-state index contributed by atoms with van der Waals surface area (Å²) in [5.74, 6) is 0.181. The van der Waals surface area contributed by atoms with Crippen LogP contribution in [0.2, 0.25) is 0 Å². The first-order valence-corrected chi connectivity index (χ1v) is 16.1. The summed E-state index contributed by atoms with van der Waals surface area (Å²) < 4.78 is 11.1. The highest BCUT2D eigenvalue weighted by Gasteiger charge is 2.41. The zero-order valence-electron chi connectivity index (χ0n) is 26.8. The monoisotopic (exact) mass is 644 g/mol. The Hall–Kier alpha value is -5.64. The molecule has 0 saturated carbocycles. The Morgan fingerprint density at radius 3 is 1.79 bits per heavy atom. The van der Waals surface area contributed by atoms with Gasteiger partial charge in [0, 0.05) is 48.6 Å². The maximum Gasteiger partial charge on any atom is 0.261 e. The van der Waals surface area contributed by atoms with Crippen LogP contribution in [0, 0.1) is 5.92 Å². The molecule has 10 heteroatoms. The van der Waals surface area contributed by atoms with Crippen molar-refractivity contribution in [2.24, 2.45) is 5.92 Å². The van der Waals surface area contributed by atoms with Gasteiger partial charge in [-0.15, -0.1) is 0 Å². The first-order valence-electron chi connectivity index (χ1n) is 16.1. The van der Waals surface area contributed by atoms with E-state index in [9.17, 15) is 19.2 Å². The topological polar surface area (TPSA) is 117 Å². The Bertz CT molecular complexity index is 1850. The molecule has 0 fully saturated rings. The Labute approximate surface area is 278 Å². The van der Waals surface area contributed by atoms with Crippen molar-refractivity contribution in [3.05, 3.63) is 119 Å². The molecule has 0 unspecified atom stereocenters. The molecule has 4 aromatic carbocycles. The van der Waals surface area contributed by atoms with E-state index in [2.05, 4.69) is 10.6 Å². The number of nitrogens with zero attached hydrogens (tertiary/aromatic N) is 2. The van der Waals surface area contributed by atoms with Crippen LogP contribution in [-0.2, 0) is 0 Å². The van der Waals surface area contributed by atoms with E-state index in [0.29, 0.717) is 53.0 Å². The molecule has 4 amide bonds. The van der Waals surface area contributed by atoms with E-state index in [1.807, 2.05) is 42.5 Å². The van der Waals surface area contributed by atoms with Crippen LogP contribution in [0.25, 0.3) is 0 Å². The normalized spacial score (nSPS) is 19.5. The fourth-order valence-corrected chi connectivity index (χ4v) is 7.19. The van der Waals surface area contributed by atoms with E-state index in [0.717, 1.165) is 16.9 Å². The van der Waals surface area contributed by atoms with Crippen molar-refractivity contribution in [2.75, 3.05) is 37.9 Å². The van der Waals surface area contributed by atoms with Gasteiger partial charge in [-0.05, 0) is 67.3 Å². The number of amides is 4. The van der Waals surface area contributed by atoms with Crippen molar-refractivity contribution in [3.63, 3.8) is 0 Å². The molecule has 3 atom stereocenters. The molecule has 0 saturated heterocycles. The highest BCUT2D eigenvalue weighted by atomic mass is 16.5. The van der Waals surface area contributed by atoms with Crippen molar-refractivity contribution < 1.29 is 28.7 Å². The van der Waals surface area contributed by atoms with E-state index in [-0.39, 0.29) is 54.7 Å². The minimum atomic E-state index is -0.288.